The lowest BCUT2D eigenvalue weighted by Crippen LogP contribution is -2.04. The van der Waals surface area contributed by atoms with Crippen molar-refractivity contribution in [2.24, 2.45) is 5.73 Å². The summed E-state index contributed by atoms with van der Waals surface area (Å²) in [7, 11) is 0. The van der Waals surface area contributed by atoms with Crippen LogP contribution in [0.15, 0.2) is 54.6 Å². The first-order valence-corrected chi connectivity index (χ1v) is 5.52. The molecule has 3 N–H and O–H groups in total. The molecular formula is C15H13NO2. The molecule has 2 aromatic rings. The molecule has 0 bridgehead atoms. The molecule has 3 heteroatoms. The van der Waals surface area contributed by atoms with Gasteiger partial charge in [-0.25, -0.2) is 0 Å². The molecule has 0 atom stereocenters. The maximum atomic E-state index is 10.6. The van der Waals surface area contributed by atoms with Gasteiger partial charge < -0.3 is 10.8 Å². The van der Waals surface area contributed by atoms with Crippen molar-refractivity contribution in [2.75, 3.05) is 0 Å². The minimum Gasteiger partial charge on any atom is -0.508 e. The zero-order valence-electron chi connectivity index (χ0n) is 9.71. The van der Waals surface area contributed by atoms with Crippen LogP contribution >= 0.6 is 0 Å². The Morgan fingerprint density at radius 1 is 0.944 bits per heavy atom. The largest absolute Gasteiger partial charge is 0.508 e. The van der Waals surface area contributed by atoms with Gasteiger partial charge >= 0.3 is 0 Å². The maximum Gasteiger partial charge on any atom is 0.241 e. The Bertz CT molecular complexity index is 568. The number of phenolic OH excluding ortho intramolecular Hbond substituents is 1. The molecule has 0 radical (unpaired) electrons. The summed E-state index contributed by atoms with van der Waals surface area (Å²) in [5.41, 5.74) is 8.01. The number of nitrogens with two attached hydrogens (primary N) is 1. The standard InChI is InChI=1S/C15H13NO2/c16-15(18)10-3-11-1-4-12(5-2-11)13-6-8-14(17)9-7-13/h1-10,17H,(H2,16,18)/b10-3+. The first-order valence-electron chi connectivity index (χ1n) is 5.52. The summed E-state index contributed by atoms with van der Waals surface area (Å²) in [5, 5.41) is 9.22. The average molecular weight is 239 g/mol. The molecule has 0 aliphatic rings. The van der Waals surface area contributed by atoms with Crippen LogP contribution in [0.1, 0.15) is 5.56 Å². The van der Waals surface area contributed by atoms with Crippen molar-refractivity contribution in [3.8, 4) is 16.9 Å². The van der Waals surface area contributed by atoms with Gasteiger partial charge in [0.15, 0.2) is 0 Å². The number of benzene rings is 2. The van der Waals surface area contributed by atoms with E-state index in [-0.39, 0.29) is 5.75 Å². The van der Waals surface area contributed by atoms with Crippen molar-refractivity contribution in [1.82, 2.24) is 0 Å². The van der Waals surface area contributed by atoms with E-state index in [9.17, 15) is 9.90 Å². The Balaban J connectivity index is 2.22. The number of amides is 1. The highest BCUT2D eigenvalue weighted by atomic mass is 16.3. The zero-order valence-corrected chi connectivity index (χ0v) is 9.71. The van der Waals surface area contributed by atoms with E-state index >= 15 is 0 Å². The Labute approximate surface area is 105 Å². The summed E-state index contributed by atoms with van der Waals surface area (Å²) in [5.74, 6) is -0.211. The second-order valence-electron chi connectivity index (χ2n) is 3.90. The molecule has 0 aliphatic carbocycles. The fourth-order valence-corrected chi connectivity index (χ4v) is 1.62. The molecule has 2 rings (SSSR count). The number of phenols is 1. The van der Waals surface area contributed by atoms with Crippen LogP contribution in [-0.4, -0.2) is 11.0 Å². The zero-order chi connectivity index (χ0) is 13.0. The van der Waals surface area contributed by atoms with E-state index in [0.717, 1.165) is 16.7 Å². The van der Waals surface area contributed by atoms with Gasteiger partial charge in [0.1, 0.15) is 5.75 Å². The van der Waals surface area contributed by atoms with E-state index in [1.807, 2.05) is 36.4 Å². The van der Waals surface area contributed by atoms with Crippen molar-refractivity contribution in [2.45, 2.75) is 0 Å². The highest BCUT2D eigenvalue weighted by molar-refractivity contribution is 5.90. The molecule has 0 saturated heterocycles. The lowest BCUT2D eigenvalue weighted by molar-refractivity contribution is -0.113. The Hall–Kier alpha value is -2.55. The SMILES string of the molecule is NC(=O)/C=C/c1ccc(-c2ccc(O)cc2)cc1. The number of hydrogen-bond donors (Lipinski definition) is 2. The molecule has 0 unspecified atom stereocenters. The molecule has 0 fully saturated rings. The van der Waals surface area contributed by atoms with Gasteiger partial charge in [-0.3, -0.25) is 4.79 Å². The quantitative estimate of drug-likeness (QED) is 0.808. The third-order valence-corrected chi connectivity index (χ3v) is 2.55. The molecular weight excluding hydrogens is 226 g/mol. The minimum absolute atomic E-state index is 0.250. The number of aromatic hydroxyl groups is 1. The highest BCUT2D eigenvalue weighted by Crippen LogP contribution is 2.22. The smallest absolute Gasteiger partial charge is 0.241 e. The van der Waals surface area contributed by atoms with E-state index in [4.69, 9.17) is 5.73 Å². The van der Waals surface area contributed by atoms with Gasteiger partial charge in [0.05, 0.1) is 0 Å². The molecule has 0 heterocycles. The molecule has 18 heavy (non-hydrogen) atoms. The minimum atomic E-state index is -0.461. The van der Waals surface area contributed by atoms with Crippen molar-refractivity contribution in [1.29, 1.82) is 0 Å². The highest BCUT2D eigenvalue weighted by Gasteiger charge is 1.97. The van der Waals surface area contributed by atoms with Gasteiger partial charge in [0, 0.05) is 6.08 Å². The molecule has 0 saturated carbocycles. The van der Waals surface area contributed by atoms with Gasteiger partial charge in [-0.05, 0) is 34.9 Å². The van der Waals surface area contributed by atoms with Crippen LogP contribution in [0, 0.1) is 0 Å². The summed E-state index contributed by atoms with van der Waals surface area (Å²) >= 11 is 0. The fourth-order valence-electron chi connectivity index (χ4n) is 1.62. The lowest BCUT2D eigenvalue weighted by atomic mass is 10.0. The lowest BCUT2D eigenvalue weighted by Gasteiger charge is -2.02. The van der Waals surface area contributed by atoms with Crippen LogP contribution < -0.4 is 5.73 Å². The Kier molecular flexibility index (Phi) is 3.44. The van der Waals surface area contributed by atoms with E-state index in [0.29, 0.717) is 0 Å². The number of primary amides is 1. The number of carbonyl (C=O) groups excluding carboxylic acids is 1. The van der Waals surface area contributed by atoms with Crippen LogP contribution in [0.2, 0.25) is 0 Å². The molecule has 3 nitrogen and oxygen atoms in total. The van der Waals surface area contributed by atoms with Gasteiger partial charge in [-0.1, -0.05) is 36.4 Å². The molecule has 1 amide bonds. The fraction of sp³-hybridized carbons (Fsp3) is 0. The second-order valence-corrected chi connectivity index (χ2v) is 3.90. The molecule has 0 aromatic heterocycles. The maximum absolute atomic E-state index is 10.6. The normalized spacial score (nSPS) is 10.7. The molecule has 2 aromatic carbocycles. The Morgan fingerprint density at radius 3 is 1.94 bits per heavy atom. The first kappa shape index (κ1) is 11.9. The van der Waals surface area contributed by atoms with Crippen LogP contribution in [0.3, 0.4) is 0 Å². The molecule has 90 valence electrons. The van der Waals surface area contributed by atoms with E-state index < -0.39 is 5.91 Å². The number of hydrogen-bond acceptors (Lipinski definition) is 2. The predicted octanol–water partition coefficient (Wildman–Crippen LogP) is 2.56. The van der Waals surface area contributed by atoms with Crippen LogP contribution in [0.25, 0.3) is 17.2 Å². The summed E-state index contributed by atoms with van der Waals surface area (Å²) < 4.78 is 0. The molecule has 0 aliphatic heterocycles. The van der Waals surface area contributed by atoms with Gasteiger partial charge in [0.25, 0.3) is 0 Å². The van der Waals surface area contributed by atoms with Gasteiger partial charge in [-0.15, -0.1) is 0 Å². The van der Waals surface area contributed by atoms with Crippen LogP contribution in [0.5, 0.6) is 5.75 Å². The van der Waals surface area contributed by atoms with Crippen molar-refractivity contribution in [3.63, 3.8) is 0 Å². The monoisotopic (exact) mass is 239 g/mol. The van der Waals surface area contributed by atoms with Crippen molar-refractivity contribution >= 4 is 12.0 Å². The average Bonchev–Trinajstić information content (AvgIpc) is 2.38. The summed E-state index contributed by atoms with van der Waals surface area (Å²) in [6.45, 7) is 0. The third kappa shape index (κ3) is 2.98. The summed E-state index contributed by atoms with van der Waals surface area (Å²) in [4.78, 5) is 10.6. The summed E-state index contributed by atoms with van der Waals surface area (Å²) in [6, 6.07) is 14.7. The first-order chi connectivity index (χ1) is 8.65. The Morgan fingerprint density at radius 2 is 1.44 bits per heavy atom. The van der Waals surface area contributed by atoms with Crippen molar-refractivity contribution in [3.05, 3.63) is 60.2 Å². The topological polar surface area (TPSA) is 63.3 Å². The van der Waals surface area contributed by atoms with E-state index in [1.165, 1.54) is 6.08 Å². The number of rotatable bonds is 3. The van der Waals surface area contributed by atoms with Gasteiger partial charge in [0.2, 0.25) is 5.91 Å². The number of carbonyl (C=O) groups is 1. The van der Waals surface area contributed by atoms with Gasteiger partial charge in [-0.2, -0.15) is 0 Å². The second kappa shape index (κ2) is 5.19. The summed E-state index contributed by atoms with van der Waals surface area (Å²) in [6.07, 6.45) is 3.00. The predicted molar refractivity (Wildman–Crippen MR) is 71.8 cm³/mol. The van der Waals surface area contributed by atoms with Crippen LogP contribution in [-0.2, 0) is 4.79 Å². The van der Waals surface area contributed by atoms with Crippen molar-refractivity contribution < 1.29 is 9.90 Å². The van der Waals surface area contributed by atoms with Crippen LogP contribution in [0.4, 0.5) is 0 Å². The van der Waals surface area contributed by atoms with E-state index in [1.54, 1.807) is 18.2 Å². The third-order valence-electron chi connectivity index (χ3n) is 2.55. The molecule has 0 spiro atoms. The van der Waals surface area contributed by atoms with E-state index in [2.05, 4.69) is 0 Å².